The van der Waals surface area contributed by atoms with Gasteiger partial charge in [-0.3, -0.25) is 9.78 Å². The van der Waals surface area contributed by atoms with Crippen LogP contribution in [-0.4, -0.2) is 23.0 Å². The average Bonchev–Trinajstić information content (AvgIpc) is 3.14. The zero-order valence-electron chi connectivity index (χ0n) is 13.9. The summed E-state index contributed by atoms with van der Waals surface area (Å²) in [5.74, 6) is 0.850. The van der Waals surface area contributed by atoms with Gasteiger partial charge in [0.05, 0.1) is 17.8 Å². The summed E-state index contributed by atoms with van der Waals surface area (Å²) in [6.07, 6.45) is 4.51. The van der Waals surface area contributed by atoms with E-state index in [4.69, 9.17) is 4.74 Å². The number of hydrogen-bond donors (Lipinski definition) is 1. The van der Waals surface area contributed by atoms with E-state index in [1.165, 1.54) is 0 Å². The molecule has 2 heterocycles. The number of amides is 1. The molecule has 128 valence electrons. The smallest absolute Gasteiger partial charge is 0.220 e. The molecular weight excluding hydrogens is 334 g/mol. The lowest BCUT2D eigenvalue weighted by atomic mass is 10.2. The molecule has 1 N–H and O–H groups in total. The summed E-state index contributed by atoms with van der Waals surface area (Å²) in [5.41, 5.74) is 3.02. The van der Waals surface area contributed by atoms with Gasteiger partial charge in [-0.15, -0.1) is 11.3 Å². The third-order valence-electron chi connectivity index (χ3n) is 3.74. The zero-order chi connectivity index (χ0) is 17.5. The molecular formula is C19H19N3O2S. The number of pyridine rings is 1. The number of rotatable bonds is 7. The maximum atomic E-state index is 12.0. The van der Waals surface area contributed by atoms with Crippen LogP contribution >= 0.6 is 11.3 Å². The number of hydrogen-bond acceptors (Lipinski definition) is 5. The number of benzene rings is 1. The lowest BCUT2D eigenvalue weighted by Gasteiger charge is -2.04. The Morgan fingerprint density at radius 2 is 1.92 bits per heavy atom. The quantitative estimate of drug-likeness (QED) is 0.706. The van der Waals surface area contributed by atoms with Gasteiger partial charge in [-0.25, -0.2) is 4.98 Å². The molecule has 6 heteroatoms. The number of carbonyl (C=O) groups excluding carboxylic acids is 1. The predicted molar refractivity (Wildman–Crippen MR) is 98.5 cm³/mol. The van der Waals surface area contributed by atoms with Crippen LogP contribution < -0.4 is 10.1 Å². The lowest BCUT2D eigenvalue weighted by molar-refractivity contribution is -0.121. The maximum absolute atomic E-state index is 12.0. The molecule has 1 amide bonds. The van der Waals surface area contributed by atoms with Crippen LogP contribution in [0, 0.1) is 0 Å². The molecule has 3 rings (SSSR count). The van der Waals surface area contributed by atoms with Crippen LogP contribution in [0.3, 0.4) is 0 Å². The Morgan fingerprint density at radius 1 is 1.16 bits per heavy atom. The molecule has 0 saturated carbocycles. The second-order valence-corrected chi connectivity index (χ2v) is 6.43. The second kappa shape index (κ2) is 8.39. The second-order valence-electron chi connectivity index (χ2n) is 5.49. The van der Waals surface area contributed by atoms with Gasteiger partial charge in [-0.1, -0.05) is 0 Å². The Hall–Kier alpha value is -2.73. The van der Waals surface area contributed by atoms with E-state index in [0.717, 1.165) is 27.6 Å². The SMILES string of the molecule is COc1ccc(-c2csc(CCC(=O)NCc3ccncc3)n2)cc1. The summed E-state index contributed by atoms with van der Waals surface area (Å²) in [6, 6.07) is 11.6. The minimum Gasteiger partial charge on any atom is -0.497 e. The van der Waals surface area contributed by atoms with E-state index in [-0.39, 0.29) is 5.91 Å². The molecule has 0 bridgehead atoms. The van der Waals surface area contributed by atoms with Gasteiger partial charge in [-0.2, -0.15) is 0 Å². The Bertz CT molecular complexity index is 816. The highest BCUT2D eigenvalue weighted by atomic mass is 32.1. The van der Waals surface area contributed by atoms with Crippen LogP contribution in [0.5, 0.6) is 5.75 Å². The Morgan fingerprint density at radius 3 is 2.64 bits per heavy atom. The van der Waals surface area contributed by atoms with Crippen molar-refractivity contribution in [1.29, 1.82) is 0 Å². The highest BCUT2D eigenvalue weighted by Crippen LogP contribution is 2.24. The van der Waals surface area contributed by atoms with Gasteiger partial charge < -0.3 is 10.1 Å². The molecule has 0 saturated heterocycles. The van der Waals surface area contributed by atoms with Gasteiger partial charge in [0.2, 0.25) is 5.91 Å². The number of aryl methyl sites for hydroxylation is 1. The molecule has 0 radical (unpaired) electrons. The third-order valence-corrected chi connectivity index (χ3v) is 4.65. The van der Waals surface area contributed by atoms with Crippen molar-refractivity contribution in [2.24, 2.45) is 0 Å². The summed E-state index contributed by atoms with van der Waals surface area (Å²) in [5, 5.41) is 5.90. The summed E-state index contributed by atoms with van der Waals surface area (Å²) >= 11 is 1.58. The monoisotopic (exact) mass is 353 g/mol. The van der Waals surface area contributed by atoms with E-state index >= 15 is 0 Å². The number of methoxy groups -OCH3 is 1. The van der Waals surface area contributed by atoms with Crippen LogP contribution in [0.15, 0.2) is 54.2 Å². The molecule has 0 aliphatic rings. The maximum Gasteiger partial charge on any atom is 0.220 e. The number of nitrogens with one attached hydrogen (secondary N) is 1. The first-order chi connectivity index (χ1) is 12.2. The summed E-state index contributed by atoms with van der Waals surface area (Å²) in [4.78, 5) is 20.5. The molecule has 0 fully saturated rings. The number of nitrogens with zero attached hydrogens (tertiary/aromatic N) is 2. The van der Waals surface area contributed by atoms with Crippen LogP contribution in [0.25, 0.3) is 11.3 Å². The number of thiazole rings is 1. The van der Waals surface area contributed by atoms with Gasteiger partial charge in [0.25, 0.3) is 0 Å². The Balaban J connectivity index is 1.50. The van der Waals surface area contributed by atoms with Gasteiger partial charge in [-0.05, 0) is 42.0 Å². The Labute approximate surface area is 150 Å². The predicted octanol–water partition coefficient (Wildman–Crippen LogP) is 3.46. The number of carbonyl (C=O) groups is 1. The van der Waals surface area contributed by atoms with E-state index in [1.54, 1.807) is 30.8 Å². The minimum absolute atomic E-state index is 0.0259. The summed E-state index contributed by atoms with van der Waals surface area (Å²) < 4.78 is 5.16. The standard InChI is InChI=1S/C19H19N3O2S/c1-24-16-4-2-15(3-5-16)17-13-25-19(22-17)7-6-18(23)21-12-14-8-10-20-11-9-14/h2-5,8-11,13H,6-7,12H2,1H3,(H,21,23). The molecule has 3 aromatic rings. The zero-order valence-corrected chi connectivity index (χ0v) is 14.8. The highest BCUT2D eigenvalue weighted by Gasteiger charge is 2.08. The molecule has 0 spiro atoms. The fraction of sp³-hybridized carbons (Fsp3) is 0.211. The van der Waals surface area contributed by atoms with Crippen LogP contribution in [-0.2, 0) is 17.8 Å². The fourth-order valence-electron chi connectivity index (χ4n) is 2.33. The van der Waals surface area contributed by atoms with Crippen molar-refractivity contribution in [2.45, 2.75) is 19.4 Å². The van der Waals surface area contributed by atoms with E-state index in [1.807, 2.05) is 41.8 Å². The first kappa shape index (κ1) is 17.1. The van der Waals surface area contributed by atoms with Crippen molar-refractivity contribution in [3.8, 4) is 17.0 Å². The molecule has 0 atom stereocenters. The summed E-state index contributed by atoms with van der Waals surface area (Å²) in [7, 11) is 1.65. The molecule has 25 heavy (non-hydrogen) atoms. The molecule has 1 aromatic carbocycles. The van der Waals surface area contributed by atoms with Crippen LogP contribution in [0.1, 0.15) is 17.0 Å². The largest absolute Gasteiger partial charge is 0.497 e. The molecule has 0 aliphatic heterocycles. The fourth-order valence-corrected chi connectivity index (χ4v) is 3.14. The van der Waals surface area contributed by atoms with Crippen molar-refractivity contribution in [3.63, 3.8) is 0 Å². The van der Waals surface area contributed by atoms with Crippen LogP contribution in [0.4, 0.5) is 0 Å². The van der Waals surface area contributed by atoms with E-state index < -0.39 is 0 Å². The van der Waals surface area contributed by atoms with E-state index in [0.29, 0.717) is 19.4 Å². The van der Waals surface area contributed by atoms with Crippen molar-refractivity contribution in [3.05, 3.63) is 64.7 Å². The normalized spacial score (nSPS) is 10.4. The average molecular weight is 353 g/mol. The van der Waals surface area contributed by atoms with Gasteiger partial charge in [0, 0.05) is 42.7 Å². The summed E-state index contributed by atoms with van der Waals surface area (Å²) in [6.45, 7) is 0.524. The minimum atomic E-state index is 0.0259. The number of aromatic nitrogens is 2. The molecule has 0 unspecified atom stereocenters. The van der Waals surface area contributed by atoms with E-state index in [9.17, 15) is 4.79 Å². The van der Waals surface area contributed by atoms with Gasteiger partial charge >= 0.3 is 0 Å². The van der Waals surface area contributed by atoms with E-state index in [2.05, 4.69) is 15.3 Å². The van der Waals surface area contributed by atoms with Crippen molar-refractivity contribution in [2.75, 3.05) is 7.11 Å². The highest BCUT2D eigenvalue weighted by molar-refractivity contribution is 7.09. The van der Waals surface area contributed by atoms with Crippen molar-refractivity contribution >= 4 is 17.2 Å². The first-order valence-corrected chi connectivity index (χ1v) is 8.87. The van der Waals surface area contributed by atoms with Crippen molar-refractivity contribution in [1.82, 2.24) is 15.3 Å². The number of ether oxygens (including phenoxy) is 1. The third kappa shape index (κ3) is 4.87. The lowest BCUT2D eigenvalue weighted by Crippen LogP contribution is -2.22. The van der Waals surface area contributed by atoms with Crippen LogP contribution in [0.2, 0.25) is 0 Å². The topological polar surface area (TPSA) is 64.1 Å². The van der Waals surface area contributed by atoms with Crippen molar-refractivity contribution < 1.29 is 9.53 Å². The first-order valence-electron chi connectivity index (χ1n) is 7.99. The Kier molecular flexibility index (Phi) is 5.74. The molecule has 0 aliphatic carbocycles. The van der Waals surface area contributed by atoms with Gasteiger partial charge in [0.15, 0.2) is 0 Å². The molecule has 5 nitrogen and oxygen atoms in total. The molecule has 2 aromatic heterocycles. The van der Waals surface area contributed by atoms with Gasteiger partial charge in [0.1, 0.15) is 5.75 Å².